The number of aromatic nitrogens is 4. The number of aryl methyl sites for hydroxylation is 2. The highest BCUT2D eigenvalue weighted by Crippen LogP contribution is 2.05. The van der Waals surface area contributed by atoms with Crippen molar-refractivity contribution in [1.29, 1.82) is 0 Å². The largest absolute Gasteiger partial charge is 0.349 e. The van der Waals surface area contributed by atoms with E-state index in [-0.39, 0.29) is 42.6 Å². The van der Waals surface area contributed by atoms with Gasteiger partial charge in [0, 0.05) is 24.0 Å². The zero-order chi connectivity index (χ0) is 14.0. The van der Waals surface area contributed by atoms with Gasteiger partial charge in [-0.15, -0.1) is 29.9 Å². The Balaban J connectivity index is 0.00000200. The average molecular weight is 335 g/mol. The van der Waals surface area contributed by atoms with Crippen LogP contribution in [0.4, 0.5) is 0 Å². The molecule has 0 saturated heterocycles. The molecule has 3 N–H and O–H groups in total. The van der Waals surface area contributed by atoms with E-state index in [1.165, 1.54) is 0 Å². The van der Waals surface area contributed by atoms with Gasteiger partial charge in [-0.1, -0.05) is 0 Å². The Labute approximate surface area is 135 Å². The van der Waals surface area contributed by atoms with E-state index in [9.17, 15) is 4.79 Å². The molecule has 0 aliphatic carbocycles. The van der Waals surface area contributed by atoms with Crippen molar-refractivity contribution in [2.75, 3.05) is 6.54 Å². The Hall–Kier alpha value is -1.44. The van der Waals surface area contributed by atoms with Gasteiger partial charge in [-0.3, -0.25) is 4.79 Å². The molecule has 21 heavy (non-hydrogen) atoms. The number of carbonyl (C=O) groups excluding carboxylic acids is 1. The van der Waals surface area contributed by atoms with Gasteiger partial charge in [-0.05, 0) is 33.3 Å². The third-order valence-corrected chi connectivity index (χ3v) is 2.71. The molecule has 0 saturated carbocycles. The molecule has 7 nitrogen and oxygen atoms in total. The zero-order valence-corrected chi connectivity index (χ0v) is 13.8. The molecule has 118 valence electrons. The van der Waals surface area contributed by atoms with Crippen LogP contribution in [0.2, 0.25) is 0 Å². The average Bonchev–Trinajstić information content (AvgIpc) is 2.72. The molecule has 2 aromatic rings. The van der Waals surface area contributed by atoms with E-state index >= 15 is 0 Å². The first-order chi connectivity index (χ1) is 8.97. The van der Waals surface area contributed by atoms with Gasteiger partial charge in [-0.25, -0.2) is 9.50 Å². The van der Waals surface area contributed by atoms with E-state index in [2.05, 4.69) is 20.4 Å². The Bertz CT molecular complexity index is 613. The Morgan fingerprint density at radius 2 is 2.05 bits per heavy atom. The molecule has 0 bridgehead atoms. The molecule has 0 aliphatic rings. The van der Waals surface area contributed by atoms with E-state index in [1.807, 2.05) is 26.8 Å². The Kier molecular flexibility index (Phi) is 7.56. The van der Waals surface area contributed by atoms with Crippen molar-refractivity contribution in [2.45, 2.75) is 33.2 Å². The molecule has 2 aromatic heterocycles. The number of halogens is 2. The summed E-state index contributed by atoms with van der Waals surface area (Å²) in [7, 11) is 0. The van der Waals surface area contributed by atoms with Crippen molar-refractivity contribution < 1.29 is 4.79 Å². The number of hydrogen-bond donors (Lipinski definition) is 2. The molecule has 2 rings (SSSR count). The number of carbonyl (C=O) groups is 1. The summed E-state index contributed by atoms with van der Waals surface area (Å²) in [5.41, 5.74) is 7.36. The predicted molar refractivity (Wildman–Crippen MR) is 85.4 cm³/mol. The molecule has 1 unspecified atom stereocenters. The van der Waals surface area contributed by atoms with Crippen LogP contribution in [0.25, 0.3) is 5.78 Å². The van der Waals surface area contributed by atoms with Crippen LogP contribution in [-0.2, 0) is 0 Å². The highest BCUT2D eigenvalue weighted by molar-refractivity contribution is 5.90. The minimum atomic E-state index is -0.303. The lowest BCUT2D eigenvalue weighted by atomic mass is 10.2. The van der Waals surface area contributed by atoms with Crippen LogP contribution >= 0.6 is 24.8 Å². The van der Waals surface area contributed by atoms with Crippen molar-refractivity contribution in [3.8, 4) is 0 Å². The van der Waals surface area contributed by atoms with Crippen molar-refractivity contribution in [1.82, 2.24) is 24.9 Å². The summed E-state index contributed by atoms with van der Waals surface area (Å²) in [6.45, 7) is 6.18. The van der Waals surface area contributed by atoms with Crippen LogP contribution in [0.15, 0.2) is 6.07 Å². The molecule has 0 radical (unpaired) electrons. The molecular formula is C12H20Cl2N6O. The quantitative estimate of drug-likeness (QED) is 0.870. The van der Waals surface area contributed by atoms with E-state index in [4.69, 9.17) is 5.73 Å². The third-order valence-electron chi connectivity index (χ3n) is 2.71. The van der Waals surface area contributed by atoms with E-state index in [1.54, 1.807) is 4.52 Å². The van der Waals surface area contributed by atoms with Crippen molar-refractivity contribution in [2.24, 2.45) is 5.73 Å². The lowest BCUT2D eigenvalue weighted by molar-refractivity contribution is 0.0942. The minimum absolute atomic E-state index is 0. The maximum absolute atomic E-state index is 11.9. The molecule has 0 aliphatic heterocycles. The van der Waals surface area contributed by atoms with E-state index in [0.29, 0.717) is 12.3 Å². The first-order valence-corrected chi connectivity index (χ1v) is 6.22. The molecule has 0 fully saturated rings. The number of fused-ring (bicyclic) bond motifs is 1. The van der Waals surface area contributed by atoms with Crippen molar-refractivity contribution >= 4 is 36.5 Å². The highest BCUT2D eigenvalue weighted by Gasteiger charge is 2.14. The number of nitrogens with two attached hydrogens (primary N) is 1. The zero-order valence-electron chi connectivity index (χ0n) is 12.2. The first-order valence-electron chi connectivity index (χ1n) is 6.22. The number of nitrogens with zero attached hydrogens (tertiary/aromatic N) is 4. The van der Waals surface area contributed by atoms with Gasteiger partial charge in [-0.2, -0.15) is 4.98 Å². The fraction of sp³-hybridized carbons (Fsp3) is 0.500. The SMILES string of the molecule is Cc1cc(C)n2nc(C(=O)NCCC(C)N)nc2n1.Cl.Cl. The smallest absolute Gasteiger partial charge is 0.291 e. The molecule has 1 atom stereocenters. The summed E-state index contributed by atoms with van der Waals surface area (Å²) in [5, 5.41) is 6.89. The van der Waals surface area contributed by atoms with E-state index in [0.717, 1.165) is 17.8 Å². The second-order valence-electron chi connectivity index (χ2n) is 4.71. The van der Waals surface area contributed by atoms with Gasteiger partial charge < -0.3 is 11.1 Å². The maximum Gasteiger partial charge on any atom is 0.291 e. The minimum Gasteiger partial charge on any atom is -0.349 e. The lowest BCUT2D eigenvalue weighted by Crippen LogP contribution is -2.29. The van der Waals surface area contributed by atoms with Crippen LogP contribution in [0, 0.1) is 13.8 Å². The summed E-state index contributed by atoms with van der Waals surface area (Å²) in [6, 6.07) is 1.94. The molecule has 0 spiro atoms. The fourth-order valence-electron chi connectivity index (χ4n) is 1.75. The first kappa shape index (κ1) is 19.6. The summed E-state index contributed by atoms with van der Waals surface area (Å²) in [6.07, 6.45) is 0.718. The van der Waals surface area contributed by atoms with Crippen molar-refractivity contribution in [3.05, 3.63) is 23.3 Å². The summed E-state index contributed by atoms with van der Waals surface area (Å²) in [4.78, 5) is 20.2. The number of hydrogen-bond acceptors (Lipinski definition) is 5. The van der Waals surface area contributed by atoms with Crippen LogP contribution < -0.4 is 11.1 Å². The normalized spacial score (nSPS) is 11.4. The van der Waals surface area contributed by atoms with Gasteiger partial charge in [0.25, 0.3) is 11.7 Å². The fourth-order valence-corrected chi connectivity index (χ4v) is 1.75. The van der Waals surface area contributed by atoms with Gasteiger partial charge in [0.1, 0.15) is 0 Å². The highest BCUT2D eigenvalue weighted by atomic mass is 35.5. The lowest BCUT2D eigenvalue weighted by Gasteiger charge is -2.04. The Morgan fingerprint density at radius 3 is 2.67 bits per heavy atom. The van der Waals surface area contributed by atoms with Crippen LogP contribution in [0.1, 0.15) is 35.4 Å². The summed E-state index contributed by atoms with van der Waals surface area (Å²) in [5.74, 6) is 0.268. The number of rotatable bonds is 4. The predicted octanol–water partition coefficient (Wildman–Crippen LogP) is 1.05. The monoisotopic (exact) mass is 334 g/mol. The maximum atomic E-state index is 11.9. The van der Waals surface area contributed by atoms with Crippen LogP contribution in [-0.4, -0.2) is 38.1 Å². The van der Waals surface area contributed by atoms with Gasteiger partial charge in [0.15, 0.2) is 0 Å². The topological polar surface area (TPSA) is 98.2 Å². The van der Waals surface area contributed by atoms with Gasteiger partial charge >= 0.3 is 0 Å². The molecule has 2 heterocycles. The third kappa shape index (κ3) is 4.80. The molecule has 0 aromatic carbocycles. The van der Waals surface area contributed by atoms with Crippen molar-refractivity contribution in [3.63, 3.8) is 0 Å². The van der Waals surface area contributed by atoms with Gasteiger partial charge in [0.2, 0.25) is 5.82 Å². The summed E-state index contributed by atoms with van der Waals surface area (Å²) < 4.78 is 1.56. The number of amides is 1. The van der Waals surface area contributed by atoms with Crippen LogP contribution in [0.5, 0.6) is 0 Å². The molecule has 9 heteroatoms. The standard InChI is InChI=1S/C12H18N6O.2ClH/c1-7(13)4-5-14-11(19)10-16-12-15-8(2)6-9(3)18(12)17-10;;/h6-7H,4-5,13H2,1-3H3,(H,14,19);2*1H. The second-order valence-corrected chi connectivity index (χ2v) is 4.71. The Morgan fingerprint density at radius 1 is 1.38 bits per heavy atom. The van der Waals surface area contributed by atoms with Gasteiger partial charge in [0.05, 0.1) is 0 Å². The molecular weight excluding hydrogens is 315 g/mol. The van der Waals surface area contributed by atoms with Crippen LogP contribution in [0.3, 0.4) is 0 Å². The second kappa shape index (κ2) is 8.11. The van der Waals surface area contributed by atoms with E-state index < -0.39 is 0 Å². The molecule has 1 amide bonds. The summed E-state index contributed by atoms with van der Waals surface area (Å²) >= 11 is 0. The number of nitrogens with one attached hydrogen (secondary N) is 1.